The van der Waals surface area contributed by atoms with Crippen molar-refractivity contribution < 1.29 is 5.11 Å². The van der Waals surface area contributed by atoms with Gasteiger partial charge in [0.15, 0.2) is 0 Å². The van der Waals surface area contributed by atoms with Crippen molar-refractivity contribution in [2.45, 2.75) is 45.6 Å². The second-order valence-corrected chi connectivity index (χ2v) is 5.23. The van der Waals surface area contributed by atoms with Gasteiger partial charge >= 0.3 is 0 Å². The van der Waals surface area contributed by atoms with Crippen molar-refractivity contribution in [1.82, 2.24) is 9.97 Å². The van der Waals surface area contributed by atoms with Gasteiger partial charge in [0.25, 0.3) is 0 Å². The molecule has 1 aliphatic carbocycles. The van der Waals surface area contributed by atoms with Crippen LogP contribution in [0.5, 0.6) is 0 Å². The van der Waals surface area contributed by atoms with Crippen LogP contribution in [0.2, 0.25) is 0 Å². The van der Waals surface area contributed by atoms with E-state index < -0.39 is 0 Å². The van der Waals surface area contributed by atoms with Gasteiger partial charge in [0.2, 0.25) is 0 Å². The zero-order valence-electron chi connectivity index (χ0n) is 11.6. The molecule has 1 fully saturated rings. The summed E-state index contributed by atoms with van der Waals surface area (Å²) in [5, 5.41) is 13.3. The van der Waals surface area contributed by atoms with E-state index >= 15 is 0 Å². The molecular weight excluding hydrogens is 242 g/mol. The number of hydrogen-bond donors (Lipinski definition) is 4. The number of hydrogen-bond acceptors (Lipinski definition) is 6. The first-order chi connectivity index (χ1) is 9.11. The molecule has 6 nitrogen and oxygen atoms in total. The first-order valence-electron chi connectivity index (χ1n) is 6.85. The Labute approximate surface area is 113 Å². The molecule has 1 aromatic rings. The van der Waals surface area contributed by atoms with Gasteiger partial charge in [-0.1, -0.05) is 12.8 Å². The summed E-state index contributed by atoms with van der Waals surface area (Å²) in [6.07, 6.45) is 4.10. The van der Waals surface area contributed by atoms with Crippen LogP contribution in [-0.4, -0.2) is 27.7 Å². The number of aliphatic hydroxyl groups is 1. The van der Waals surface area contributed by atoms with E-state index in [-0.39, 0.29) is 6.10 Å². The maximum Gasteiger partial charge on any atom is 0.148 e. The lowest BCUT2D eigenvalue weighted by Crippen LogP contribution is -2.30. The molecule has 0 aromatic carbocycles. The number of nitrogen functional groups attached to an aromatic ring is 1. The van der Waals surface area contributed by atoms with Crippen molar-refractivity contribution in [3.05, 3.63) is 11.4 Å². The number of aliphatic hydroxyl groups excluding tert-OH is 1. The Bertz CT molecular complexity index is 437. The Balaban J connectivity index is 2.04. The van der Waals surface area contributed by atoms with E-state index in [4.69, 9.17) is 5.84 Å². The van der Waals surface area contributed by atoms with Gasteiger partial charge in [-0.05, 0) is 26.7 Å². The summed E-state index contributed by atoms with van der Waals surface area (Å²) >= 11 is 0. The van der Waals surface area contributed by atoms with Gasteiger partial charge in [-0.15, -0.1) is 0 Å². The second-order valence-electron chi connectivity index (χ2n) is 5.23. The summed E-state index contributed by atoms with van der Waals surface area (Å²) in [6, 6.07) is 0. The van der Waals surface area contributed by atoms with Crippen molar-refractivity contribution in [3.63, 3.8) is 0 Å². The number of hydrazine groups is 1. The van der Waals surface area contributed by atoms with Crippen LogP contribution in [0.25, 0.3) is 0 Å². The number of nitrogens with two attached hydrogens (primary N) is 1. The quantitative estimate of drug-likeness (QED) is 0.485. The maximum absolute atomic E-state index is 9.97. The summed E-state index contributed by atoms with van der Waals surface area (Å²) in [5.74, 6) is 7.84. The molecule has 19 heavy (non-hydrogen) atoms. The van der Waals surface area contributed by atoms with E-state index in [1.807, 2.05) is 13.8 Å². The molecular formula is C13H23N5O. The number of aryl methyl sites for hydroxylation is 1. The van der Waals surface area contributed by atoms with Crippen molar-refractivity contribution in [2.75, 3.05) is 17.3 Å². The smallest absolute Gasteiger partial charge is 0.148 e. The predicted octanol–water partition coefficient (Wildman–Crippen LogP) is 1.34. The van der Waals surface area contributed by atoms with Gasteiger partial charge in [-0.25, -0.2) is 15.8 Å². The van der Waals surface area contributed by atoms with Gasteiger partial charge < -0.3 is 15.8 Å². The highest BCUT2D eigenvalue weighted by Gasteiger charge is 2.23. The minimum atomic E-state index is -0.198. The first-order valence-corrected chi connectivity index (χ1v) is 6.85. The van der Waals surface area contributed by atoms with Crippen LogP contribution in [0, 0.1) is 19.8 Å². The highest BCUT2D eigenvalue weighted by atomic mass is 16.3. The van der Waals surface area contributed by atoms with Gasteiger partial charge in [0.1, 0.15) is 17.5 Å². The molecule has 1 aromatic heterocycles. The molecule has 1 saturated carbocycles. The van der Waals surface area contributed by atoms with Crippen LogP contribution in [0.1, 0.15) is 37.1 Å². The van der Waals surface area contributed by atoms with Crippen molar-refractivity contribution in [3.8, 4) is 0 Å². The highest BCUT2D eigenvalue weighted by molar-refractivity contribution is 5.56. The molecule has 2 unspecified atom stereocenters. The normalized spacial score (nSPS) is 23.2. The van der Waals surface area contributed by atoms with E-state index in [0.717, 1.165) is 37.2 Å². The Kier molecular flexibility index (Phi) is 4.55. The number of nitrogens with zero attached hydrogens (tertiary/aromatic N) is 2. The van der Waals surface area contributed by atoms with E-state index in [2.05, 4.69) is 20.7 Å². The molecule has 2 rings (SSSR count). The fourth-order valence-corrected chi connectivity index (χ4v) is 2.60. The van der Waals surface area contributed by atoms with Gasteiger partial charge in [0, 0.05) is 18.0 Å². The Morgan fingerprint density at radius 1 is 1.21 bits per heavy atom. The third-order valence-corrected chi connectivity index (χ3v) is 3.79. The summed E-state index contributed by atoms with van der Waals surface area (Å²) < 4.78 is 0. The number of nitrogens with one attached hydrogen (secondary N) is 2. The topological polar surface area (TPSA) is 96.1 Å². The molecule has 2 atom stereocenters. The number of rotatable bonds is 4. The highest BCUT2D eigenvalue weighted by Crippen LogP contribution is 2.25. The average molecular weight is 265 g/mol. The monoisotopic (exact) mass is 265 g/mol. The van der Waals surface area contributed by atoms with Crippen molar-refractivity contribution in [1.29, 1.82) is 0 Å². The van der Waals surface area contributed by atoms with Crippen LogP contribution in [0.15, 0.2) is 0 Å². The van der Waals surface area contributed by atoms with Crippen LogP contribution >= 0.6 is 0 Å². The fraction of sp³-hybridized carbons (Fsp3) is 0.692. The second kappa shape index (κ2) is 6.16. The number of aromatic nitrogens is 2. The van der Waals surface area contributed by atoms with Gasteiger partial charge in [-0.3, -0.25) is 0 Å². The standard InChI is InChI=1S/C13H23N5O/c1-8-12(16-9(2)17-13(8)18-14)15-7-10-5-3-4-6-11(10)19/h10-11,19H,3-7,14H2,1-2H3,(H2,15,16,17,18). The molecule has 106 valence electrons. The summed E-state index contributed by atoms with van der Waals surface area (Å²) in [4.78, 5) is 8.62. The van der Waals surface area contributed by atoms with Crippen LogP contribution in [0.4, 0.5) is 11.6 Å². The van der Waals surface area contributed by atoms with Crippen LogP contribution in [-0.2, 0) is 0 Å². The fourth-order valence-electron chi connectivity index (χ4n) is 2.60. The predicted molar refractivity (Wildman–Crippen MR) is 75.8 cm³/mol. The van der Waals surface area contributed by atoms with E-state index in [1.54, 1.807) is 0 Å². The molecule has 6 heteroatoms. The van der Waals surface area contributed by atoms with E-state index in [1.165, 1.54) is 6.42 Å². The van der Waals surface area contributed by atoms with Crippen LogP contribution in [0.3, 0.4) is 0 Å². The number of anilines is 2. The zero-order chi connectivity index (χ0) is 13.8. The zero-order valence-corrected chi connectivity index (χ0v) is 11.6. The minimum Gasteiger partial charge on any atom is -0.393 e. The van der Waals surface area contributed by atoms with Gasteiger partial charge in [0.05, 0.1) is 6.10 Å². The van der Waals surface area contributed by atoms with Crippen molar-refractivity contribution >= 4 is 11.6 Å². The molecule has 0 saturated heterocycles. The SMILES string of the molecule is Cc1nc(NN)c(C)c(NCC2CCCCC2O)n1. The molecule has 5 N–H and O–H groups in total. The van der Waals surface area contributed by atoms with Crippen molar-refractivity contribution in [2.24, 2.45) is 11.8 Å². The average Bonchev–Trinajstić information content (AvgIpc) is 2.41. The third-order valence-electron chi connectivity index (χ3n) is 3.79. The van der Waals surface area contributed by atoms with E-state index in [0.29, 0.717) is 17.6 Å². The first kappa shape index (κ1) is 14.0. The summed E-state index contributed by atoms with van der Waals surface area (Å²) in [7, 11) is 0. The summed E-state index contributed by atoms with van der Waals surface area (Å²) in [5.41, 5.74) is 3.48. The molecule has 0 aliphatic heterocycles. The van der Waals surface area contributed by atoms with Crippen LogP contribution < -0.4 is 16.6 Å². The lowest BCUT2D eigenvalue weighted by molar-refractivity contribution is 0.0763. The molecule has 1 heterocycles. The van der Waals surface area contributed by atoms with Gasteiger partial charge in [-0.2, -0.15) is 0 Å². The molecule has 1 aliphatic rings. The summed E-state index contributed by atoms with van der Waals surface area (Å²) in [6.45, 7) is 4.50. The Hall–Kier alpha value is -1.40. The molecule has 0 amide bonds. The van der Waals surface area contributed by atoms with E-state index in [9.17, 15) is 5.11 Å². The molecule has 0 radical (unpaired) electrons. The third kappa shape index (κ3) is 3.33. The Morgan fingerprint density at radius 2 is 1.89 bits per heavy atom. The molecule has 0 bridgehead atoms. The Morgan fingerprint density at radius 3 is 2.58 bits per heavy atom. The minimum absolute atomic E-state index is 0.198. The lowest BCUT2D eigenvalue weighted by atomic mass is 9.86. The maximum atomic E-state index is 9.97. The molecule has 0 spiro atoms. The lowest BCUT2D eigenvalue weighted by Gasteiger charge is -2.28. The largest absolute Gasteiger partial charge is 0.393 e.